The molecule has 2 nitrogen and oxygen atoms in total. The molecule has 1 rings (SSSR count). The minimum Gasteiger partial charge on any atom is -0.330 e. The Morgan fingerprint density at radius 3 is 2.40 bits per heavy atom. The largest absolute Gasteiger partial charge is 0.330 e. The fraction of sp³-hybridized carbons (Fsp3) is 1.00. The highest BCUT2D eigenvalue weighted by atomic mass is 15.1. The van der Waals surface area contributed by atoms with Gasteiger partial charge < -0.3 is 10.6 Å². The van der Waals surface area contributed by atoms with Crippen LogP contribution in [0.3, 0.4) is 0 Å². The molecule has 0 spiro atoms. The first kappa shape index (κ1) is 13.0. The van der Waals surface area contributed by atoms with Gasteiger partial charge in [-0.25, -0.2) is 0 Å². The average Bonchev–Trinajstić information content (AvgIpc) is 2.28. The van der Waals surface area contributed by atoms with E-state index in [1.54, 1.807) is 0 Å². The topological polar surface area (TPSA) is 29.3 Å². The lowest BCUT2D eigenvalue weighted by Gasteiger charge is -2.33. The zero-order chi connectivity index (χ0) is 11.1. The van der Waals surface area contributed by atoms with Crippen molar-refractivity contribution in [2.75, 3.05) is 26.2 Å². The number of piperidine rings is 1. The maximum absolute atomic E-state index is 5.75. The summed E-state index contributed by atoms with van der Waals surface area (Å²) in [5, 5.41) is 0. The van der Waals surface area contributed by atoms with Crippen LogP contribution in [-0.2, 0) is 0 Å². The molecule has 2 heteroatoms. The smallest absolute Gasteiger partial charge is 0.00216 e. The molecule has 0 aromatic rings. The highest BCUT2D eigenvalue weighted by molar-refractivity contribution is 4.74. The molecule has 2 N–H and O–H groups in total. The monoisotopic (exact) mass is 212 g/mol. The quantitative estimate of drug-likeness (QED) is 0.733. The van der Waals surface area contributed by atoms with E-state index in [1.165, 1.54) is 51.7 Å². The third-order valence-corrected chi connectivity index (χ3v) is 3.83. The number of nitrogens with two attached hydrogens (primary N) is 1. The number of nitrogens with zero attached hydrogens (tertiary/aromatic N) is 1. The molecule has 0 amide bonds. The third kappa shape index (κ3) is 4.52. The summed E-state index contributed by atoms with van der Waals surface area (Å²) >= 11 is 0. The van der Waals surface area contributed by atoms with Crippen LogP contribution < -0.4 is 5.73 Å². The summed E-state index contributed by atoms with van der Waals surface area (Å²) in [5.74, 6) is 1.72. The zero-order valence-corrected chi connectivity index (χ0v) is 10.5. The fourth-order valence-corrected chi connectivity index (χ4v) is 2.60. The highest BCUT2D eigenvalue weighted by Crippen LogP contribution is 2.22. The molecule has 0 radical (unpaired) electrons. The Kier molecular flexibility index (Phi) is 6.26. The van der Waals surface area contributed by atoms with Gasteiger partial charge in [-0.3, -0.25) is 0 Å². The van der Waals surface area contributed by atoms with E-state index in [0.717, 1.165) is 12.5 Å². The summed E-state index contributed by atoms with van der Waals surface area (Å²) in [7, 11) is 0. The van der Waals surface area contributed by atoms with Gasteiger partial charge in [-0.2, -0.15) is 0 Å². The zero-order valence-electron chi connectivity index (χ0n) is 10.5. The van der Waals surface area contributed by atoms with E-state index in [9.17, 15) is 0 Å². The van der Waals surface area contributed by atoms with Crippen LogP contribution in [0.4, 0.5) is 0 Å². The molecule has 15 heavy (non-hydrogen) atoms. The molecule has 0 aromatic heterocycles. The van der Waals surface area contributed by atoms with Gasteiger partial charge in [-0.05, 0) is 44.3 Å². The third-order valence-electron chi connectivity index (χ3n) is 3.83. The van der Waals surface area contributed by atoms with Crippen molar-refractivity contribution in [2.45, 2.75) is 46.0 Å². The SMILES string of the molecule is CCCC1CCN(CC(CC)CN)CC1. The molecule has 0 bridgehead atoms. The maximum atomic E-state index is 5.75. The Labute approximate surface area is 95.2 Å². The number of hydrogen-bond donors (Lipinski definition) is 1. The van der Waals surface area contributed by atoms with Gasteiger partial charge in [0.1, 0.15) is 0 Å². The second kappa shape index (κ2) is 7.24. The standard InChI is InChI=1S/C13H28N2/c1-3-5-13-6-8-15(9-7-13)11-12(4-2)10-14/h12-13H,3-11,14H2,1-2H3. The highest BCUT2D eigenvalue weighted by Gasteiger charge is 2.19. The molecule has 90 valence electrons. The number of rotatable bonds is 6. The van der Waals surface area contributed by atoms with E-state index < -0.39 is 0 Å². The molecule has 1 heterocycles. The Hall–Kier alpha value is -0.0800. The molecule has 0 aromatic carbocycles. The van der Waals surface area contributed by atoms with Crippen LogP contribution in [0, 0.1) is 11.8 Å². The van der Waals surface area contributed by atoms with Crippen molar-refractivity contribution in [2.24, 2.45) is 17.6 Å². The summed E-state index contributed by atoms with van der Waals surface area (Å²) in [4.78, 5) is 2.62. The molecule has 0 saturated carbocycles. The van der Waals surface area contributed by atoms with Gasteiger partial charge in [-0.15, -0.1) is 0 Å². The second-order valence-electron chi connectivity index (χ2n) is 5.04. The van der Waals surface area contributed by atoms with Crippen LogP contribution in [0.2, 0.25) is 0 Å². The van der Waals surface area contributed by atoms with Crippen molar-refractivity contribution in [3.63, 3.8) is 0 Å². The molecular weight excluding hydrogens is 184 g/mol. The van der Waals surface area contributed by atoms with Crippen LogP contribution in [0.5, 0.6) is 0 Å². The first-order chi connectivity index (χ1) is 7.30. The van der Waals surface area contributed by atoms with Crippen molar-refractivity contribution < 1.29 is 0 Å². The number of likely N-dealkylation sites (tertiary alicyclic amines) is 1. The summed E-state index contributed by atoms with van der Waals surface area (Å²) in [6.45, 7) is 9.24. The molecule has 1 fully saturated rings. The molecule has 1 aliphatic rings. The lowest BCUT2D eigenvalue weighted by atomic mass is 9.92. The van der Waals surface area contributed by atoms with Gasteiger partial charge in [0, 0.05) is 6.54 Å². The van der Waals surface area contributed by atoms with Crippen LogP contribution in [0.1, 0.15) is 46.0 Å². The first-order valence-electron chi connectivity index (χ1n) is 6.72. The Balaban J connectivity index is 2.19. The van der Waals surface area contributed by atoms with Gasteiger partial charge in [-0.1, -0.05) is 33.1 Å². The minimum absolute atomic E-state index is 0.715. The number of hydrogen-bond acceptors (Lipinski definition) is 2. The van der Waals surface area contributed by atoms with Crippen molar-refractivity contribution in [1.29, 1.82) is 0 Å². The van der Waals surface area contributed by atoms with E-state index in [0.29, 0.717) is 5.92 Å². The fourth-order valence-electron chi connectivity index (χ4n) is 2.60. The summed E-state index contributed by atoms with van der Waals surface area (Å²) in [6.07, 6.45) is 6.84. The molecule has 1 unspecified atom stereocenters. The molecule has 1 atom stereocenters. The molecule has 1 aliphatic heterocycles. The van der Waals surface area contributed by atoms with Gasteiger partial charge in [0.2, 0.25) is 0 Å². The normalized spacial score (nSPS) is 21.8. The molecule has 0 aliphatic carbocycles. The maximum Gasteiger partial charge on any atom is 0.00216 e. The van der Waals surface area contributed by atoms with Crippen LogP contribution in [0.25, 0.3) is 0 Å². The van der Waals surface area contributed by atoms with E-state index in [4.69, 9.17) is 5.73 Å². The predicted molar refractivity (Wildman–Crippen MR) is 66.9 cm³/mol. The van der Waals surface area contributed by atoms with E-state index >= 15 is 0 Å². The Morgan fingerprint density at radius 2 is 1.93 bits per heavy atom. The Bertz CT molecular complexity index is 147. The van der Waals surface area contributed by atoms with Gasteiger partial charge >= 0.3 is 0 Å². The van der Waals surface area contributed by atoms with E-state index in [1.807, 2.05) is 0 Å². The van der Waals surface area contributed by atoms with Gasteiger partial charge in [0.25, 0.3) is 0 Å². The van der Waals surface area contributed by atoms with Crippen molar-refractivity contribution >= 4 is 0 Å². The van der Waals surface area contributed by atoms with E-state index in [-0.39, 0.29) is 0 Å². The van der Waals surface area contributed by atoms with Crippen LogP contribution >= 0.6 is 0 Å². The van der Waals surface area contributed by atoms with Crippen LogP contribution in [-0.4, -0.2) is 31.1 Å². The summed E-state index contributed by atoms with van der Waals surface area (Å²) < 4.78 is 0. The lowest BCUT2D eigenvalue weighted by Crippen LogP contribution is -2.38. The van der Waals surface area contributed by atoms with Crippen LogP contribution in [0.15, 0.2) is 0 Å². The Morgan fingerprint density at radius 1 is 1.27 bits per heavy atom. The van der Waals surface area contributed by atoms with Gasteiger partial charge in [0.15, 0.2) is 0 Å². The van der Waals surface area contributed by atoms with Gasteiger partial charge in [0.05, 0.1) is 0 Å². The predicted octanol–water partition coefficient (Wildman–Crippen LogP) is 2.48. The first-order valence-corrected chi connectivity index (χ1v) is 6.72. The summed E-state index contributed by atoms with van der Waals surface area (Å²) in [5.41, 5.74) is 5.75. The molecule has 1 saturated heterocycles. The van der Waals surface area contributed by atoms with Crippen molar-refractivity contribution in [3.8, 4) is 0 Å². The second-order valence-corrected chi connectivity index (χ2v) is 5.04. The summed E-state index contributed by atoms with van der Waals surface area (Å²) in [6, 6.07) is 0. The van der Waals surface area contributed by atoms with Crippen molar-refractivity contribution in [1.82, 2.24) is 4.90 Å². The molecular formula is C13H28N2. The van der Waals surface area contributed by atoms with Crippen molar-refractivity contribution in [3.05, 3.63) is 0 Å². The minimum atomic E-state index is 0.715. The average molecular weight is 212 g/mol. The van der Waals surface area contributed by atoms with E-state index in [2.05, 4.69) is 18.7 Å². The lowest BCUT2D eigenvalue weighted by molar-refractivity contribution is 0.156.